The molecule has 1 aromatic rings. The van der Waals surface area contributed by atoms with E-state index in [1.807, 2.05) is 11.9 Å². The van der Waals surface area contributed by atoms with Gasteiger partial charge in [-0.1, -0.05) is 22.9 Å². The molecule has 1 saturated heterocycles. The molecule has 1 aromatic heterocycles. The van der Waals surface area contributed by atoms with Crippen LogP contribution in [0, 0.1) is 5.92 Å². The SMILES string of the molecule is CC1CN(C(=O)c2cn(C)cn2)CCC1Br. The summed E-state index contributed by atoms with van der Waals surface area (Å²) in [4.78, 5) is 18.6. The highest BCUT2D eigenvalue weighted by Crippen LogP contribution is 2.24. The largest absolute Gasteiger partial charge is 0.340 e. The van der Waals surface area contributed by atoms with Crippen LogP contribution in [0.1, 0.15) is 23.8 Å². The Morgan fingerprint density at radius 1 is 1.62 bits per heavy atom. The van der Waals surface area contributed by atoms with Crippen molar-refractivity contribution >= 4 is 21.8 Å². The molecule has 0 spiro atoms. The fourth-order valence-electron chi connectivity index (χ4n) is 1.99. The van der Waals surface area contributed by atoms with Crippen molar-refractivity contribution in [1.29, 1.82) is 0 Å². The van der Waals surface area contributed by atoms with Gasteiger partial charge in [0.2, 0.25) is 0 Å². The molecule has 1 aliphatic heterocycles. The van der Waals surface area contributed by atoms with Crippen molar-refractivity contribution in [1.82, 2.24) is 14.5 Å². The lowest BCUT2D eigenvalue weighted by atomic mass is 10.00. The van der Waals surface area contributed by atoms with E-state index in [2.05, 4.69) is 27.8 Å². The molecular formula is C11H16BrN3O. The summed E-state index contributed by atoms with van der Waals surface area (Å²) < 4.78 is 1.80. The lowest BCUT2D eigenvalue weighted by Gasteiger charge is -2.33. The molecule has 16 heavy (non-hydrogen) atoms. The number of hydrogen-bond donors (Lipinski definition) is 0. The van der Waals surface area contributed by atoms with Crippen LogP contribution in [0.3, 0.4) is 0 Å². The molecule has 4 nitrogen and oxygen atoms in total. The highest BCUT2D eigenvalue weighted by molar-refractivity contribution is 9.09. The summed E-state index contributed by atoms with van der Waals surface area (Å²) in [6.07, 6.45) is 4.45. The summed E-state index contributed by atoms with van der Waals surface area (Å²) in [5.41, 5.74) is 0.544. The summed E-state index contributed by atoms with van der Waals surface area (Å²) in [6.45, 7) is 3.79. The van der Waals surface area contributed by atoms with Gasteiger partial charge in [-0.2, -0.15) is 0 Å². The highest BCUT2D eigenvalue weighted by Gasteiger charge is 2.28. The number of aryl methyl sites for hydroxylation is 1. The number of piperidine rings is 1. The van der Waals surface area contributed by atoms with Gasteiger partial charge in [-0.3, -0.25) is 4.79 Å². The minimum Gasteiger partial charge on any atom is -0.340 e. The first kappa shape index (κ1) is 11.6. The van der Waals surface area contributed by atoms with Crippen LogP contribution in [0.5, 0.6) is 0 Å². The topological polar surface area (TPSA) is 38.1 Å². The summed E-state index contributed by atoms with van der Waals surface area (Å²) in [7, 11) is 1.87. The number of likely N-dealkylation sites (tertiary alicyclic amines) is 1. The van der Waals surface area contributed by atoms with Crippen LogP contribution in [-0.4, -0.2) is 38.3 Å². The zero-order valence-electron chi connectivity index (χ0n) is 9.56. The number of amides is 1. The molecule has 5 heteroatoms. The van der Waals surface area contributed by atoms with Crippen molar-refractivity contribution in [3.05, 3.63) is 18.2 Å². The van der Waals surface area contributed by atoms with Gasteiger partial charge in [-0.05, 0) is 12.3 Å². The van der Waals surface area contributed by atoms with E-state index in [-0.39, 0.29) is 5.91 Å². The van der Waals surface area contributed by atoms with Crippen molar-refractivity contribution in [3.8, 4) is 0 Å². The molecule has 88 valence electrons. The van der Waals surface area contributed by atoms with E-state index in [9.17, 15) is 4.79 Å². The summed E-state index contributed by atoms with van der Waals surface area (Å²) in [5, 5.41) is 0. The van der Waals surface area contributed by atoms with E-state index in [4.69, 9.17) is 0 Å². The van der Waals surface area contributed by atoms with Crippen molar-refractivity contribution in [2.75, 3.05) is 13.1 Å². The van der Waals surface area contributed by atoms with Crippen LogP contribution >= 0.6 is 15.9 Å². The van der Waals surface area contributed by atoms with Gasteiger partial charge < -0.3 is 9.47 Å². The number of carbonyl (C=O) groups is 1. The third-order valence-corrected chi connectivity index (χ3v) is 4.37. The third-order valence-electron chi connectivity index (χ3n) is 3.01. The standard InChI is InChI=1S/C11H16BrN3O/c1-8-5-15(4-3-9(8)12)11(16)10-6-14(2)7-13-10/h6-9H,3-5H2,1-2H3. The van der Waals surface area contributed by atoms with Crippen molar-refractivity contribution < 1.29 is 4.79 Å². The fourth-order valence-corrected chi connectivity index (χ4v) is 2.36. The van der Waals surface area contributed by atoms with Crippen molar-refractivity contribution in [3.63, 3.8) is 0 Å². The zero-order valence-corrected chi connectivity index (χ0v) is 11.1. The number of imidazole rings is 1. The second kappa shape index (κ2) is 4.57. The molecule has 1 fully saturated rings. The molecule has 0 N–H and O–H groups in total. The Kier molecular flexibility index (Phi) is 3.33. The van der Waals surface area contributed by atoms with Gasteiger partial charge in [0.25, 0.3) is 5.91 Å². The van der Waals surface area contributed by atoms with Gasteiger partial charge in [0.1, 0.15) is 5.69 Å². The first-order valence-corrected chi connectivity index (χ1v) is 6.41. The minimum absolute atomic E-state index is 0.0480. The molecule has 2 atom stereocenters. The van der Waals surface area contributed by atoms with Gasteiger partial charge in [0, 0.05) is 31.2 Å². The molecule has 2 heterocycles. The van der Waals surface area contributed by atoms with Gasteiger partial charge in [-0.15, -0.1) is 0 Å². The van der Waals surface area contributed by atoms with Gasteiger partial charge >= 0.3 is 0 Å². The monoisotopic (exact) mass is 285 g/mol. The maximum absolute atomic E-state index is 12.1. The smallest absolute Gasteiger partial charge is 0.274 e. The van der Waals surface area contributed by atoms with Gasteiger partial charge in [-0.25, -0.2) is 4.98 Å². The van der Waals surface area contributed by atoms with Crippen molar-refractivity contribution in [2.24, 2.45) is 13.0 Å². The van der Waals surface area contributed by atoms with Gasteiger partial charge in [0.05, 0.1) is 6.33 Å². The number of halogens is 1. The molecule has 0 bridgehead atoms. The number of hydrogen-bond acceptors (Lipinski definition) is 2. The fraction of sp³-hybridized carbons (Fsp3) is 0.636. The Balaban J connectivity index is 2.06. The average Bonchev–Trinajstić information content (AvgIpc) is 2.68. The molecule has 2 unspecified atom stereocenters. The summed E-state index contributed by atoms with van der Waals surface area (Å²) in [5.74, 6) is 0.549. The van der Waals surface area contributed by atoms with Crippen LogP contribution in [-0.2, 0) is 7.05 Å². The Labute approximate surface area is 104 Å². The summed E-state index contributed by atoms with van der Waals surface area (Å²) >= 11 is 3.63. The quantitative estimate of drug-likeness (QED) is 0.736. The molecule has 2 rings (SSSR count). The van der Waals surface area contributed by atoms with Crippen LogP contribution < -0.4 is 0 Å². The zero-order chi connectivity index (χ0) is 11.7. The molecular weight excluding hydrogens is 270 g/mol. The van der Waals surface area contributed by atoms with Gasteiger partial charge in [0.15, 0.2) is 0 Å². The van der Waals surface area contributed by atoms with Crippen molar-refractivity contribution in [2.45, 2.75) is 18.2 Å². The molecule has 0 aliphatic carbocycles. The molecule has 0 saturated carbocycles. The predicted molar refractivity (Wildman–Crippen MR) is 65.6 cm³/mol. The normalized spacial score (nSPS) is 25.8. The second-order valence-corrected chi connectivity index (χ2v) is 5.63. The Morgan fingerprint density at radius 3 is 2.94 bits per heavy atom. The second-order valence-electron chi connectivity index (χ2n) is 4.46. The predicted octanol–water partition coefficient (Wildman–Crippen LogP) is 1.67. The van der Waals surface area contributed by atoms with E-state index in [0.717, 1.165) is 19.5 Å². The van der Waals surface area contributed by atoms with E-state index in [1.54, 1.807) is 17.1 Å². The van der Waals surface area contributed by atoms with Crippen LogP contribution in [0.4, 0.5) is 0 Å². The van der Waals surface area contributed by atoms with Crippen LogP contribution in [0.2, 0.25) is 0 Å². The maximum Gasteiger partial charge on any atom is 0.274 e. The Morgan fingerprint density at radius 2 is 2.38 bits per heavy atom. The number of carbonyl (C=O) groups excluding carboxylic acids is 1. The van der Waals surface area contributed by atoms with E-state index in [0.29, 0.717) is 16.4 Å². The number of alkyl halides is 1. The van der Waals surface area contributed by atoms with E-state index >= 15 is 0 Å². The number of nitrogens with zero attached hydrogens (tertiary/aromatic N) is 3. The molecule has 1 aliphatic rings. The first-order chi connectivity index (χ1) is 7.58. The highest BCUT2D eigenvalue weighted by atomic mass is 79.9. The third kappa shape index (κ3) is 2.29. The summed E-state index contributed by atoms with van der Waals surface area (Å²) in [6, 6.07) is 0. The first-order valence-electron chi connectivity index (χ1n) is 5.49. The molecule has 0 radical (unpaired) electrons. The Hall–Kier alpha value is -0.840. The minimum atomic E-state index is 0.0480. The number of aromatic nitrogens is 2. The van der Waals surface area contributed by atoms with Crippen LogP contribution in [0.15, 0.2) is 12.5 Å². The lowest BCUT2D eigenvalue weighted by molar-refractivity contribution is 0.0685. The van der Waals surface area contributed by atoms with E-state index in [1.165, 1.54) is 0 Å². The number of rotatable bonds is 1. The molecule has 0 aromatic carbocycles. The van der Waals surface area contributed by atoms with E-state index < -0.39 is 0 Å². The molecule has 1 amide bonds. The van der Waals surface area contributed by atoms with Crippen LogP contribution in [0.25, 0.3) is 0 Å². The average molecular weight is 286 g/mol. The lowest BCUT2D eigenvalue weighted by Crippen LogP contribution is -2.43. The Bertz CT molecular complexity index is 390. The maximum atomic E-state index is 12.1.